The molecule has 0 aliphatic rings. The molecule has 0 radical (unpaired) electrons. The fraction of sp³-hybridized carbons (Fsp3) is 0.400. The molecule has 1 aromatic heterocycles. The fourth-order valence-corrected chi connectivity index (χ4v) is 2.29. The normalized spacial score (nSPS) is 12.5. The fourth-order valence-electron chi connectivity index (χ4n) is 2.29. The molecule has 0 saturated carbocycles. The summed E-state index contributed by atoms with van der Waals surface area (Å²) in [7, 11) is 0. The molecule has 0 spiro atoms. The molecule has 0 bridgehead atoms. The van der Waals surface area contributed by atoms with Crippen molar-refractivity contribution in [3.05, 3.63) is 53.6 Å². The van der Waals surface area contributed by atoms with Gasteiger partial charge in [0.15, 0.2) is 5.69 Å². The van der Waals surface area contributed by atoms with Crippen LogP contribution in [0.5, 0.6) is 0 Å². The number of amides is 1. The van der Waals surface area contributed by atoms with Gasteiger partial charge in [0.05, 0.1) is 17.8 Å². The van der Waals surface area contributed by atoms with Crippen molar-refractivity contribution < 1.29 is 4.79 Å². The largest absolute Gasteiger partial charge is 0.359 e. The average molecular weight is 336 g/mol. The standard InChI is InChI=1S/C20H24N4O/c1-13(2)14(3)23-19(25)20(4,5)16-9-7-15(8-10-16)17-11-22-12-18(21-6)24-17/h7-14H,1-5H3,(H,23,25)/t14-/m1/s1. The molecule has 2 rings (SSSR count). The van der Waals surface area contributed by atoms with E-state index in [0.717, 1.165) is 11.1 Å². The Morgan fingerprint density at radius 1 is 1.16 bits per heavy atom. The van der Waals surface area contributed by atoms with E-state index in [9.17, 15) is 4.79 Å². The van der Waals surface area contributed by atoms with Crippen LogP contribution in [0, 0.1) is 12.5 Å². The van der Waals surface area contributed by atoms with E-state index in [1.54, 1.807) is 6.20 Å². The first-order valence-electron chi connectivity index (χ1n) is 8.37. The zero-order chi connectivity index (χ0) is 18.6. The molecule has 2 aromatic rings. The van der Waals surface area contributed by atoms with Crippen LogP contribution in [-0.4, -0.2) is 21.9 Å². The van der Waals surface area contributed by atoms with E-state index < -0.39 is 5.41 Å². The number of aromatic nitrogens is 2. The van der Waals surface area contributed by atoms with Crippen molar-refractivity contribution >= 4 is 11.7 Å². The summed E-state index contributed by atoms with van der Waals surface area (Å²) in [5, 5.41) is 3.08. The Labute approximate surface area is 149 Å². The van der Waals surface area contributed by atoms with Crippen LogP contribution in [0.4, 0.5) is 5.82 Å². The van der Waals surface area contributed by atoms with Gasteiger partial charge in [-0.05, 0) is 32.3 Å². The predicted molar refractivity (Wildman–Crippen MR) is 99.2 cm³/mol. The molecule has 1 N–H and O–H groups in total. The van der Waals surface area contributed by atoms with Gasteiger partial charge in [-0.2, -0.15) is 0 Å². The van der Waals surface area contributed by atoms with Crippen LogP contribution < -0.4 is 5.32 Å². The van der Waals surface area contributed by atoms with Crippen LogP contribution in [0.1, 0.15) is 40.2 Å². The zero-order valence-electron chi connectivity index (χ0n) is 15.4. The maximum absolute atomic E-state index is 12.7. The van der Waals surface area contributed by atoms with E-state index in [-0.39, 0.29) is 17.8 Å². The molecule has 0 aliphatic heterocycles. The van der Waals surface area contributed by atoms with Gasteiger partial charge in [0, 0.05) is 11.6 Å². The second-order valence-corrected chi connectivity index (χ2v) is 7.08. The average Bonchev–Trinajstić information content (AvgIpc) is 2.61. The second kappa shape index (κ2) is 7.43. The molecule has 1 aromatic carbocycles. The highest BCUT2D eigenvalue weighted by Gasteiger charge is 2.31. The monoisotopic (exact) mass is 336 g/mol. The first-order valence-corrected chi connectivity index (χ1v) is 8.37. The summed E-state index contributed by atoms with van der Waals surface area (Å²) in [6.45, 7) is 17.1. The molecule has 0 saturated heterocycles. The molecule has 1 heterocycles. The van der Waals surface area contributed by atoms with Crippen LogP contribution in [-0.2, 0) is 10.2 Å². The van der Waals surface area contributed by atoms with E-state index in [4.69, 9.17) is 6.57 Å². The summed E-state index contributed by atoms with van der Waals surface area (Å²) in [6.07, 6.45) is 3.07. The third-order valence-electron chi connectivity index (χ3n) is 4.57. The number of hydrogen-bond acceptors (Lipinski definition) is 3. The van der Waals surface area contributed by atoms with Crippen molar-refractivity contribution in [2.24, 2.45) is 5.92 Å². The van der Waals surface area contributed by atoms with Crippen LogP contribution in [0.2, 0.25) is 0 Å². The molecule has 0 unspecified atom stereocenters. The van der Waals surface area contributed by atoms with Crippen molar-refractivity contribution in [3.8, 4) is 11.3 Å². The zero-order valence-corrected chi connectivity index (χ0v) is 15.4. The van der Waals surface area contributed by atoms with Crippen molar-refractivity contribution in [2.45, 2.75) is 46.1 Å². The first kappa shape index (κ1) is 18.6. The van der Waals surface area contributed by atoms with Gasteiger partial charge in [0.2, 0.25) is 5.91 Å². The highest BCUT2D eigenvalue weighted by molar-refractivity contribution is 5.87. The molecule has 0 aliphatic carbocycles. The minimum atomic E-state index is -0.633. The van der Waals surface area contributed by atoms with Gasteiger partial charge in [-0.1, -0.05) is 44.7 Å². The summed E-state index contributed by atoms with van der Waals surface area (Å²) in [5.41, 5.74) is 1.81. The Morgan fingerprint density at radius 2 is 1.80 bits per heavy atom. The van der Waals surface area contributed by atoms with E-state index >= 15 is 0 Å². The summed E-state index contributed by atoms with van der Waals surface area (Å²) in [4.78, 5) is 24.2. The van der Waals surface area contributed by atoms with E-state index in [1.165, 1.54) is 6.20 Å². The summed E-state index contributed by atoms with van der Waals surface area (Å²) >= 11 is 0. The lowest BCUT2D eigenvalue weighted by molar-refractivity contribution is -0.126. The lowest BCUT2D eigenvalue weighted by Gasteiger charge is -2.28. The van der Waals surface area contributed by atoms with Gasteiger partial charge in [-0.15, -0.1) is 4.98 Å². The lowest BCUT2D eigenvalue weighted by Crippen LogP contribution is -2.45. The molecule has 25 heavy (non-hydrogen) atoms. The molecule has 1 amide bonds. The van der Waals surface area contributed by atoms with Crippen molar-refractivity contribution in [3.63, 3.8) is 0 Å². The van der Waals surface area contributed by atoms with Crippen LogP contribution >= 0.6 is 0 Å². The minimum Gasteiger partial charge on any atom is -0.359 e. The number of carbonyl (C=O) groups excluding carboxylic acids is 1. The second-order valence-electron chi connectivity index (χ2n) is 7.08. The minimum absolute atomic E-state index is 0.0104. The van der Waals surface area contributed by atoms with Gasteiger partial charge >= 0.3 is 0 Å². The first-order chi connectivity index (χ1) is 11.8. The third-order valence-corrected chi connectivity index (χ3v) is 4.57. The Balaban J connectivity index is 2.23. The summed E-state index contributed by atoms with van der Waals surface area (Å²) < 4.78 is 0. The van der Waals surface area contributed by atoms with Crippen molar-refractivity contribution in [2.75, 3.05) is 0 Å². The molecule has 1 atom stereocenters. The molecular formula is C20H24N4O. The highest BCUT2D eigenvalue weighted by Crippen LogP contribution is 2.27. The van der Waals surface area contributed by atoms with E-state index in [0.29, 0.717) is 11.6 Å². The number of hydrogen-bond donors (Lipinski definition) is 1. The van der Waals surface area contributed by atoms with Gasteiger partial charge in [0.25, 0.3) is 5.82 Å². The Morgan fingerprint density at radius 3 is 2.36 bits per heavy atom. The van der Waals surface area contributed by atoms with Gasteiger partial charge in [-0.25, -0.2) is 0 Å². The number of benzene rings is 1. The number of carbonyl (C=O) groups is 1. The van der Waals surface area contributed by atoms with Gasteiger partial charge < -0.3 is 10.2 Å². The number of nitrogens with zero attached hydrogens (tertiary/aromatic N) is 3. The summed E-state index contributed by atoms with van der Waals surface area (Å²) in [6, 6.07) is 7.81. The topological polar surface area (TPSA) is 59.2 Å². The molecule has 5 heteroatoms. The quantitative estimate of drug-likeness (QED) is 0.835. The maximum Gasteiger partial charge on any atom is 0.288 e. The lowest BCUT2D eigenvalue weighted by atomic mass is 9.82. The van der Waals surface area contributed by atoms with E-state index in [2.05, 4.69) is 34.0 Å². The molecule has 5 nitrogen and oxygen atoms in total. The van der Waals surface area contributed by atoms with Gasteiger partial charge in [0.1, 0.15) is 0 Å². The Kier molecular flexibility index (Phi) is 5.53. The Hall–Kier alpha value is -2.74. The molecular weight excluding hydrogens is 312 g/mol. The van der Waals surface area contributed by atoms with Gasteiger partial charge in [-0.3, -0.25) is 9.78 Å². The maximum atomic E-state index is 12.7. The smallest absolute Gasteiger partial charge is 0.288 e. The van der Waals surface area contributed by atoms with Crippen molar-refractivity contribution in [1.82, 2.24) is 15.3 Å². The summed E-state index contributed by atoms with van der Waals surface area (Å²) in [5.74, 6) is 0.663. The Bertz CT molecular complexity index is 788. The SMILES string of the molecule is [C-]#[N+]c1cncc(-c2ccc(C(C)(C)C(=O)N[C@H](C)C(C)C)cc2)n1. The predicted octanol–water partition coefficient (Wildman–Crippen LogP) is 4.13. The molecule has 130 valence electrons. The highest BCUT2D eigenvalue weighted by atomic mass is 16.2. The van der Waals surface area contributed by atoms with Crippen LogP contribution in [0.15, 0.2) is 36.7 Å². The number of nitrogens with one attached hydrogen (secondary N) is 1. The molecule has 0 fully saturated rings. The van der Waals surface area contributed by atoms with E-state index in [1.807, 2.05) is 45.0 Å². The van der Waals surface area contributed by atoms with Crippen LogP contribution in [0.3, 0.4) is 0 Å². The third kappa shape index (κ3) is 4.21. The van der Waals surface area contributed by atoms with Crippen molar-refractivity contribution in [1.29, 1.82) is 0 Å². The number of rotatable bonds is 5. The van der Waals surface area contributed by atoms with Crippen LogP contribution in [0.25, 0.3) is 16.1 Å².